The maximum absolute atomic E-state index is 11.7. The molecule has 0 aliphatic carbocycles. The second kappa shape index (κ2) is 8.15. The molecule has 0 unspecified atom stereocenters. The molecule has 0 fully saturated rings. The fraction of sp³-hybridized carbons (Fsp3) is 0.200. The van der Waals surface area contributed by atoms with E-state index in [9.17, 15) is 9.59 Å². The number of hydrogen-bond acceptors (Lipinski definition) is 4. The third kappa shape index (κ3) is 4.70. The van der Waals surface area contributed by atoms with Crippen LogP contribution in [0.15, 0.2) is 54.6 Å². The number of rotatable bonds is 5. The van der Waals surface area contributed by atoms with Crippen molar-refractivity contribution in [3.05, 3.63) is 71.3 Å². The van der Waals surface area contributed by atoms with Crippen LogP contribution in [-0.2, 0) is 11.3 Å². The maximum atomic E-state index is 11.7. The summed E-state index contributed by atoms with van der Waals surface area (Å²) in [5, 5.41) is 2.66. The summed E-state index contributed by atoms with van der Waals surface area (Å²) in [7, 11) is 0. The Morgan fingerprint density at radius 3 is 2.88 bits per heavy atom. The number of fused-ring (bicyclic) bond motifs is 1. The molecule has 2 aromatic carbocycles. The smallest absolute Gasteiger partial charge is 0.407 e. The number of carbonyl (C=O) groups is 2. The van der Waals surface area contributed by atoms with Crippen LogP contribution in [0.3, 0.4) is 0 Å². The van der Waals surface area contributed by atoms with Gasteiger partial charge in [0.25, 0.3) is 0 Å². The van der Waals surface area contributed by atoms with Crippen LogP contribution in [0.5, 0.6) is 5.75 Å². The molecule has 1 amide bonds. The second-order valence-electron chi connectivity index (χ2n) is 5.62. The zero-order valence-electron chi connectivity index (χ0n) is 13.7. The summed E-state index contributed by atoms with van der Waals surface area (Å²) in [6, 6.07) is 15.0. The van der Waals surface area contributed by atoms with Gasteiger partial charge in [0.05, 0.1) is 12.2 Å². The summed E-state index contributed by atoms with van der Waals surface area (Å²) in [6.07, 6.45) is 3.64. The minimum atomic E-state index is -0.465. The number of Topliss-reactive ketones (excluding diaryl/α,β-unsaturated/α-hetero) is 1. The topological polar surface area (TPSA) is 64.6 Å². The van der Waals surface area contributed by atoms with Gasteiger partial charge < -0.3 is 14.8 Å². The Balaban J connectivity index is 1.45. The van der Waals surface area contributed by atoms with Crippen molar-refractivity contribution in [3.8, 4) is 5.75 Å². The van der Waals surface area contributed by atoms with E-state index in [0.29, 0.717) is 30.9 Å². The van der Waals surface area contributed by atoms with Gasteiger partial charge in [-0.2, -0.15) is 0 Å². The van der Waals surface area contributed by atoms with Crippen LogP contribution in [0.1, 0.15) is 27.9 Å². The van der Waals surface area contributed by atoms with Crippen LogP contribution in [-0.4, -0.2) is 25.0 Å². The average molecular weight is 337 g/mol. The molecular formula is C20H19NO4. The Kier molecular flexibility index (Phi) is 5.46. The lowest BCUT2D eigenvalue weighted by atomic mass is 10.0. The molecule has 0 spiro atoms. The Bertz CT molecular complexity index is 784. The van der Waals surface area contributed by atoms with Crippen molar-refractivity contribution >= 4 is 18.0 Å². The van der Waals surface area contributed by atoms with Gasteiger partial charge in [0.1, 0.15) is 12.4 Å². The van der Waals surface area contributed by atoms with E-state index >= 15 is 0 Å². The Morgan fingerprint density at radius 1 is 1.20 bits per heavy atom. The Labute approximate surface area is 146 Å². The third-order valence-electron chi connectivity index (χ3n) is 3.78. The average Bonchev–Trinajstić information content (AvgIpc) is 2.64. The van der Waals surface area contributed by atoms with E-state index in [1.807, 2.05) is 54.6 Å². The molecule has 5 heteroatoms. The molecule has 0 saturated carbocycles. The van der Waals surface area contributed by atoms with E-state index in [0.717, 1.165) is 11.1 Å². The van der Waals surface area contributed by atoms with Crippen LogP contribution in [0.4, 0.5) is 4.79 Å². The molecule has 3 rings (SSSR count). The molecule has 2 aromatic rings. The summed E-state index contributed by atoms with van der Waals surface area (Å²) in [4.78, 5) is 23.4. The van der Waals surface area contributed by atoms with Crippen molar-refractivity contribution in [3.63, 3.8) is 0 Å². The van der Waals surface area contributed by atoms with E-state index in [1.54, 1.807) is 6.07 Å². The van der Waals surface area contributed by atoms with Gasteiger partial charge in [-0.15, -0.1) is 0 Å². The highest BCUT2D eigenvalue weighted by atomic mass is 16.5. The molecule has 128 valence electrons. The van der Waals surface area contributed by atoms with Gasteiger partial charge in [-0.25, -0.2) is 4.79 Å². The number of carbonyl (C=O) groups excluding carboxylic acids is 2. The predicted molar refractivity (Wildman–Crippen MR) is 94.5 cm³/mol. The quantitative estimate of drug-likeness (QED) is 0.905. The fourth-order valence-corrected chi connectivity index (χ4v) is 2.49. The van der Waals surface area contributed by atoms with Gasteiger partial charge in [-0.05, 0) is 23.3 Å². The monoisotopic (exact) mass is 337 g/mol. The van der Waals surface area contributed by atoms with Crippen molar-refractivity contribution in [2.75, 3.05) is 13.2 Å². The molecule has 5 nitrogen and oxygen atoms in total. The number of ketones is 1. The molecule has 1 N–H and O–H groups in total. The summed E-state index contributed by atoms with van der Waals surface area (Å²) >= 11 is 0. The van der Waals surface area contributed by atoms with Crippen molar-refractivity contribution in [1.29, 1.82) is 0 Å². The highest BCUT2D eigenvalue weighted by Gasteiger charge is 2.17. The van der Waals surface area contributed by atoms with Crippen molar-refractivity contribution in [2.24, 2.45) is 0 Å². The molecule has 1 aliphatic heterocycles. The predicted octanol–water partition coefficient (Wildman–Crippen LogP) is 3.59. The third-order valence-corrected chi connectivity index (χ3v) is 3.78. The van der Waals surface area contributed by atoms with E-state index in [-0.39, 0.29) is 12.4 Å². The zero-order chi connectivity index (χ0) is 17.5. The first-order valence-corrected chi connectivity index (χ1v) is 8.13. The van der Waals surface area contributed by atoms with Crippen LogP contribution in [0.25, 0.3) is 6.08 Å². The normalized spacial score (nSPS) is 13.2. The number of alkyl carbamates (subject to hydrolysis) is 1. The van der Waals surface area contributed by atoms with E-state index in [2.05, 4.69) is 5.32 Å². The van der Waals surface area contributed by atoms with Crippen molar-refractivity contribution in [1.82, 2.24) is 5.32 Å². The Hall–Kier alpha value is -3.08. The fourth-order valence-electron chi connectivity index (χ4n) is 2.49. The Morgan fingerprint density at radius 2 is 2.04 bits per heavy atom. The first kappa shape index (κ1) is 16.8. The van der Waals surface area contributed by atoms with Crippen LogP contribution >= 0.6 is 0 Å². The van der Waals surface area contributed by atoms with Gasteiger partial charge >= 0.3 is 6.09 Å². The van der Waals surface area contributed by atoms with E-state index in [4.69, 9.17) is 9.47 Å². The van der Waals surface area contributed by atoms with Gasteiger partial charge in [-0.3, -0.25) is 4.79 Å². The van der Waals surface area contributed by atoms with Crippen LogP contribution in [0, 0.1) is 0 Å². The lowest BCUT2D eigenvalue weighted by Crippen LogP contribution is -2.24. The molecule has 0 bridgehead atoms. The van der Waals surface area contributed by atoms with E-state index < -0.39 is 6.09 Å². The SMILES string of the molecule is O=C(NCC=Cc1ccc2c(c1)OCCC2=O)OCc1ccccc1. The number of amides is 1. The summed E-state index contributed by atoms with van der Waals surface area (Å²) < 4.78 is 10.6. The lowest BCUT2D eigenvalue weighted by Gasteiger charge is -2.16. The molecule has 0 atom stereocenters. The van der Waals surface area contributed by atoms with Gasteiger partial charge in [-0.1, -0.05) is 48.6 Å². The standard InChI is InChI=1S/C20H19NO4/c22-18-10-12-24-19-13-15(8-9-17(18)19)7-4-11-21-20(23)25-14-16-5-2-1-3-6-16/h1-9,13H,10-12,14H2,(H,21,23). The number of ether oxygens (including phenoxy) is 2. The zero-order valence-corrected chi connectivity index (χ0v) is 13.7. The van der Waals surface area contributed by atoms with Crippen molar-refractivity contribution in [2.45, 2.75) is 13.0 Å². The molecule has 25 heavy (non-hydrogen) atoms. The summed E-state index contributed by atoms with van der Waals surface area (Å²) in [5.74, 6) is 0.730. The second-order valence-corrected chi connectivity index (χ2v) is 5.62. The first-order valence-electron chi connectivity index (χ1n) is 8.13. The number of benzene rings is 2. The maximum Gasteiger partial charge on any atom is 0.407 e. The summed E-state index contributed by atoms with van der Waals surface area (Å²) in [5.41, 5.74) is 2.48. The molecule has 1 heterocycles. The summed E-state index contributed by atoms with van der Waals surface area (Å²) in [6.45, 7) is 1.02. The molecule has 0 saturated heterocycles. The van der Waals surface area contributed by atoms with Gasteiger partial charge in [0.15, 0.2) is 5.78 Å². The van der Waals surface area contributed by atoms with E-state index in [1.165, 1.54) is 0 Å². The minimum absolute atomic E-state index is 0.111. The number of nitrogens with one attached hydrogen (secondary N) is 1. The number of hydrogen-bond donors (Lipinski definition) is 1. The molecule has 0 radical (unpaired) electrons. The first-order chi connectivity index (χ1) is 12.2. The molecular weight excluding hydrogens is 318 g/mol. The largest absolute Gasteiger partial charge is 0.492 e. The van der Waals surface area contributed by atoms with Gasteiger partial charge in [0.2, 0.25) is 0 Å². The van der Waals surface area contributed by atoms with Crippen molar-refractivity contribution < 1.29 is 19.1 Å². The highest BCUT2D eigenvalue weighted by molar-refractivity contribution is 5.99. The van der Waals surface area contributed by atoms with Crippen LogP contribution < -0.4 is 10.1 Å². The van der Waals surface area contributed by atoms with Crippen LogP contribution in [0.2, 0.25) is 0 Å². The molecule has 0 aromatic heterocycles. The molecule has 1 aliphatic rings. The van der Waals surface area contributed by atoms with Gasteiger partial charge in [0, 0.05) is 13.0 Å². The highest BCUT2D eigenvalue weighted by Crippen LogP contribution is 2.26. The minimum Gasteiger partial charge on any atom is -0.492 e. The lowest BCUT2D eigenvalue weighted by molar-refractivity contribution is 0.0933.